The average Bonchev–Trinajstić information content (AvgIpc) is 2.36. The van der Waals surface area contributed by atoms with Crippen LogP contribution in [0.3, 0.4) is 0 Å². The fraction of sp³-hybridized carbons (Fsp3) is 0.833. The van der Waals surface area contributed by atoms with Gasteiger partial charge in [-0.3, -0.25) is 9.59 Å². The summed E-state index contributed by atoms with van der Waals surface area (Å²) in [5.41, 5.74) is 0. The van der Waals surface area contributed by atoms with Crippen molar-refractivity contribution >= 4 is 23.6 Å². The highest BCUT2D eigenvalue weighted by atomic mass is 32.2. The maximum atomic E-state index is 11.9. The number of carbonyl (C=O) groups excluding carboxylic acids is 1. The first-order chi connectivity index (χ1) is 8.54. The van der Waals surface area contributed by atoms with Crippen molar-refractivity contribution < 1.29 is 14.7 Å². The molecule has 1 atom stereocenters. The molecule has 104 valence electrons. The van der Waals surface area contributed by atoms with E-state index < -0.39 is 5.97 Å². The SMILES string of the molecule is CSCC(C)NCC(=O)N1CCC(C(=O)O)CC1. The van der Waals surface area contributed by atoms with E-state index in [1.807, 2.05) is 6.26 Å². The third kappa shape index (κ3) is 4.86. The quantitative estimate of drug-likeness (QED) is 0.744. The van der Waals surface area contributed by atoms with Gasteiger partial charge in [-0.15, -0.1) is 0 Å². The van der Waals surface area contributed by atoms with Crippen molar-refractivity contribution in [3.63, 3.8) is 0 Å². The third-order valence-corrected chi connectivity index (χ3v) is 4.05. The van der Waals surface area contributed by atoms with Gasteiger partial charge in [0.1, 0.15) is 0 Å². The molecule has 5 nitrogen and oxygen atoms in total. The minimum Gasteiger partial charge on any atom is -0.481 e. The molecule has 1 saturated heterocycles. The van der Waals surface area contributed by atoms with Gasteiger partial charge in [-0.05, 0) is 26.0 Å². The number of likely N-dealkylation sites (tertiary alicyclic amines) is 1. The Morgan fingerprint density at radius 3 is 2.56 bits per heavy atom. The fourth-order valence-corrected chi connectivity index (χ4v) is 2.68. The zero-order valence-corrected chi connectivity index (χ0v) is 11.8. The van der Waals surface area contributed by atoms with Crippen LogP contribution in [0.5, 0.6) is 0 Å². The molecule has 0 aromatic heterocycles. The number of carbonyl (C=O) groups is 2. The van der Waals surface area contributed by atoms with E-state index in [1.165, 1.54) is 0 Å². The Morgan fingerprint density at radius 1 is 1.44 bits per heavy atom. The lowest BCUT2D eigenvalue weighted by atomic mass is 9.97. The van der Waals surface area contributed by atoms with E-state index in [0.29, 0.717) is 38.5 Å². The molecule has 1 fully saturated rings. The summed E-state index contributed by atoms with van der Waals surface area (Å²) in [6.07, 6.45) is 3.18. The molecular formula is C12H22N2O3S. The second kappa shape index (κ2) is 7.63. The molecule has 1 amide bonds. The Labute approximate surface area is 112 Å². The molecule has 1 unspecified atom stereocenters. The van der Waals surface area contributed by atoms with Gasteiger partial charge in [-0.25, -0.2) is 0 Å². The Hall–Kier alpha value is -0.750. The number of carboxylic acids is 1. The largest absolute Gasteiger partial charge is 0.481 e. The van der Waals surface area contributed by atoms with Crippen molar-refractivity contribution in [2.75, 3.05) is 31.6 Å². The van der Waals surface area contributed by atoms with Gasteiger partial charge in [-0.1, -0.05) is 0 Å². The van der Waals surface area contributed by atoms with Crippen LogP contribution in [0, 0.1) is 5.92 Å². The molecule has 0 aliphatic carbocycles. The van der Waals surface area contributed by atoms with Crippen LogP contribution in [0.1, 0.15) is 19.8 Å². The molecule has 18 heavy (non-hydrogen) atoms. The van der Waals surface area contributed by atoms with E-state index in [-0.39, 0.29) is 11.8 Å². The molecule has 1 aliphatic heterocycles. The molecule has 0 radical (unpaired) electrons. The van der Waals surface area contributed by atoms with Crippen molar-refractivity contribution in [2.45, 2.75) is 25.8 Å². The van der Waals surface area contributed by atoms with E-state index in [2.05, 4.69) is 12.2 Å². The first kappa shape index (κ1) is 15.3. The first-order valence-electron chi connectivity index (χ1n) is 6.27. The lowest BCUT2D eigenvalue weighted by molar-refractivity contribution is -0.145. The zero-order valence-electron chi connectivity index (χ0n) is 11.0. The van der Waals surface area contributed by atoms with Crippen molar-refractivity contribution in [1.29, 1.82) is 0 Å². The van der Waals surface area contributed by atoms with Crippen LogP contribution in [-0.2, 0) is 9.59 Å². The Morgan fingerprint density at radius 2 is 2.06 bits per heavy atom. The summed E-state index contributed by atoms with van der Waals surface area (Å²) in [5.74, 6) is 0.0343. The van der Waals surface area contributed by atoms with Crippen LogP contribution < -0.4 is 5.32 Å². The molecule has 0 saturated carbocycles. The molecule has 1 rings (SSSR count). The van der Waals surface area contributed by atoms with Gasteiger partial charge in [-0.2, -0.15) is 11.8 Å². The number of piperidine rings is 1. The van der Waals surface area contributed by atoms with Gasteiger partial charge in [0.05, 0.1) is 12.5 Å². The molecule has 1 heterocycles. The smallest absolute Gasteiger partial charge is 0.306 e. The van der Waals surface area contributed by atoms with Gasteiger partial charge in [0.2, 0.25) is 5.91 Å². The Bertz CT molecular complexity index is 291. The summed E-state index contributed by atoms with van der Waals surface area (Å²) in [5, 5.41) is 12.1. The van der Waals surface area contributed by atoms with Gasteiger partial charge >= 0.3 is 5.97 Å². The maximum absolute atomic E-state index is 11.9. The molecule has 0 aromatic rings. The number of thioether (sulfide) groups is 1. The lowest BCUT2D eigenvalue weighted by Gasteiger charge is -2.30. The lowest BCUT2D eigenvalue weighted by Crippen LogP contribution is -2.45. The van der Waals surface area contributed by atoms with Crippen molar-refractivity contribution in [1.82, 2.24) is 10.2 Å². The van der Waals surface area contributed by atoms with E-state index in [4.69, 9.17) is 5.11 Å². The summed E-state index contributed by atoms with van der Waals surface area (Å²) in [6.45, 7) is 3.53. The number of rotatable bonds is 6. The van der Waals surface area contributed by atoms with Crippen LogP contribution in [-0.4, -0.2) is 59.6 Å². The fourth-order valence-electron chi connectivity index (χ4n) is 2.06. The van der Waals surface area contributed by atoms with Crippen LogP contribution in [0.15, 0.2) is 0 Å². The van der Waals surface area contributed by atoms with E-state index in [9.17, 15) is 9.59 Å². The molecule has 6 heteroatoms. The highest BCUT2D eigenvalue weighted by molar-refractivity contribution is 7.98. The topological polar surface area (TPSA) is 69.6 Å². The summed E-state index contributed by atoms with van der Waals surface area (Å²) >= 11 is 1.75. The Balaban J connectivity index is 2.25. The molecule has 2 N–H and O–H groups in total. The van der Waals surface area contributed by atoms with Crippen LogP contribution in [0.4, 0.5) is 0 Å². The van der Waals surface area contributed by atoms with Crippen LogP contribution in [0.25, 0.3) is 0 Å². The highest BCUT2D eigenvalue weighted by Crippen LogP contribution is 2.17. The van der Waals surface area contributed by atoms with Crippen molar-refractivity contribution in [3.8, 4) is 0 Å². The highest BCUT2D eigenvalue weighted by Gasteiger charge is 2.26. The summed E-state index contributed by atoms with van der Waals surface area (Å²) < 4.78 is 0. The van der Waals surface area contributed by atoms with Crippen LogP contribution in [0.2, 0.25) is 0 Å². The van der Waals surface area contributed by atoms with Crippen molar-refractivity contribution in [3.05, 3.63) is 0 Å². The van der Waals surface area contributed by atoms with E-state index in [0.717, 1.165) is 5.75 Å². The minimum atomic E-state index is -0.742. The molecule has 0 spiro atoms. The Kier molecular flexibility index (Phi) is 6.49. The second-order valence-electron chi connectivity index (χ2n) is 4.73. The van der Waals surface area contributed by atoms with Gasteiger partial charge in [0.25, 0.3) is 0 Å². The second-order valence-corrected chi connectivity index (χ2v) is 5.64. The number of hydrogen-bond acceptors (Lipinski definition) is 4. The van der Waals surface area contributed by atoms with Crippen LogP contribution >= 0.6 is 11.8 Å². The predicted octanol–water partition coefficient (Wildman–Crippen LogP) is 0.651. The number of aliphatic carboxylic acids is 1. The third-order valence-electron chi connectivity index (χ3n) is 3.22. The number of amides is 1. The van der Waals surface area contributed by atoms with Gasteiger partial charge < -0.3 is 15.3 Å². The summed E-state index contributed by atoms with van der Waals surface area (Å²) in [4.78, 5) is 24.5. The maximum Gasteiger partial charge on any atom is 0.306 e. The van der Waals surface area contributed by atoms with Gasteiger partial charge in [0, 0.05) is 24.9 Å². The predicted molar refractivity (Wildman–Crippen MR) is 72.8 cm³/mol. The minimum absolute atomic E-state index is 0.0757. The number of hydrogen-bond donors (Lipinski definition) is 2. The average molecular weight is 274 g/mol. The first-order valence-corrected chi connectivity index (χ1v) is 7.67. The molecule has 1 aliphatic rings. The number of carboxylic acid groups (broad SMARTS) is 1. The summed E-state index contributed by atoms with van der Waals surface area (Å²) in [6, 6.07) is 0.320. The van der Waals surface area contributed by atoms with Gasteiger partial charge in [0.15, 0.2) is 0 Å². The monoisotopic (exact) mass is 274 g/mol. The number of nitrogens with zero attached hydrogens (tertiary/aromatic N) is 1. The standard InChI is InChI=1S/C12H22N2O3S/c1-9(8-18-2)13-7-11(15)14-5-3-10(4-6-14)12(16)17/h9-10,13H,3-8H2,1-2H3,(H,16,17). The number of nitrogens with one attached hydrogen (secondary N) is 1. The van der Waals surface area contributed by atoms with Crippen molar-refractivity contribution in [2.24, 2.45) is 5.92 Å². The molecule has 0 bridgehead atoms. The zero-order chi connectivity index (χ0) is 13.5. The normalized spacial score (nSPS) is 18.7. The van der Waals surface area contributed by atoms with E-state index >= 15 is 0 Å². The molecular weight excluding hydrogens is 252 g/mol. The summed E-state index contributed by atoms with van der Waals surface area (Å²) in [7, 11) is 0. The molecule has 0 aromatic carbocycles. The van der Waals surface area contributed by atoms with E-state index in [1.54, 1.807) is 16.7 Å².